The first kappa shape index (κ1) is 15.7. The van der Waals surface area contributed by atoms with E-state index in [9.17, 15) is 4.79 Å². The highest BCUT2D eigenvalue weighted by atomic mass is 16.5. The average Bonchev–Trinajstić information content (AvgIpc) is 3.08. The lowest BCUT2D eigenvalue weighted by Crippen LogP contribution is -2.37. The zero-order valence-electron chi connectivity index (χ0n) is 14.3. The number of fused-ring (bicyclic) bond motifs is 2. The zero-order valence-corrected chi connectivity index (χ0v) is 14.3. The minimum Gasteiger partial charge on any atom is -0.477 e. The molecule has 0 radical (unpaired) electrons. The molecule has 4 rings (SSSR count). The van der Waals surface area contributed by atoms with Crippen LogP contribution in [0, 0.1) is 6.92 Å². The van der Waals surface area contributed by atoms with Gasteiger partial charge in [-0.3, -0.25) is 4.90 Å². The van der Waals surface area contributed by atoms with Crippen LogP contribution in [0.2, 0.25) is 0 Å². The topological polar surface area (TPSA) is 51.9 Å². The monoisotopic (exact) mass is 329 g/mol. The van der Waals surface area contributed by atoms with Gasteiger partial charge in [0, 0.05) is 42.3 Å². The highest BCUT2D eigenvalue weighted by Crippen LogP contribution is 2.36. The van der Waals surface area contributed by atoms with E-state index in [1.165, 1.54) is 0 Å². The fraction of sp³-hybridized carbons (Fsp3) is 0.526. The molecule has 0 spiro atoms. The lowest BCUT2D eigenvalue weighted by Gasteiger charge is -2.31. The van der Waals surface area contributed by atoms with Crippen LogP contribution in [0.5, 0.6) is 5.75 Å². The van der Waals surface area contributed by atoms with E-state index in [1.54, 1.807) is 6.07 Å². The minimum absolute atomic E-state index is 0.293. The van der Waals surface area contributed by atoms with Gasteiger partial charge in [0.1, 0.15) is 18.1 Å². The van der Waals surface area contributed by atoms with Gasteiger partial charge in [0.2, 0.25) is 0 Å². The molecule has 24 heavy (non-hydrogen) atoms. The molecule has 1 saturated heterocycles. The molecule has 0 N–H and O–H groups in total. The van der Waals surface area contributed by atoms with Crippen molar-refractivity contribution in [2.45, 2.75) is 45.8 Å². The molecule has 1 atom stereocenters. The molecule has 3 heterocycles. The summed E-state index contributed by atoms with van der Waals surface area (Å²) in [6.45, 7) is 7.20. The van der Waals surface area contributed by atoms with E-state index in [4.69, 9.17) is 13.9 Å². The fourth-order valence-electron chi connectivity index (χ4n) is 3.82. The summed E-state index contributed by atoms with van der Waals surface area (Å²) in [5, 5.41) is 1.02. The smallest absolute Gasteiger partial charge is 0.336 e. The van der Waals surface area contributed by atoms with Gasteiger partial charge in [-0.2, -0.15) is 0 Å². The maximum Gasteiger partial charge on any atom is 0.336 e. The molecule has 0 unspecified atom stereocenters. The van der Waals surface area contributed by atoms with E-state index < -0.39 is 0 Å². The van der Waals surface area contributed by atoms with Gasteiger partial charge in [0.25, 0.3) is 0 Å². The van der Waals surface area contributed by atoms with Crippen LogP contribution < -0.4 is 10.4 Å². The Morgan fingerprint density at radius 2 is 2.21 bits per heavy atom. The highest BCUT2D eigenvalue weighted by molar-refractivity contribution is 5.86. The summed E-state index contributed by atoms with van der Waals surface area (Å²) in [5.74, 6) is 0.863. The van der Waals surface area contributed by atoms with E-state index in [0.29, 0.717) is 18.4 Å². The van der Waals surface area contributed by atoms with E-state index in [2.05, 4.69) is 17.9 Å². The SMILES string of the molecule is CCc1cc(=O)oc2c(C)c3c(cc12)CN(C[C@H]1CCCO1)CO3. The molecule has 5 heteroatoms. The van der Waals surface area contributed by atoms with Gasteiger partial charge in [0.15, 0.2) is 0 Å². The molecule has 1 fully saturated rings. The maximum absolute atomic E-state index is 11.8. The van der Waals surface area contributed by atoms with Gasteiger partial charge >= 0.3 is 5.63 Å². The Balaban J connectivity index is 1.71. The summed E-state index contributed by atoms with van der Waals surface area (Å²) in [6.07, 6.45) is 3.41. The predicted molar refractivity (Wildman–Crippen MR) is 91.5 cm³/mol. The normalized spacial score (nSPS) is 21.0. The van der Waals surface area contributed by atoms with Crippen LogP contribution in [-0.2, 0) is 17.7 Å². The van der Waals surface area contributed by atoms with Crippen molar-refractivity contribution in [2.75, 3.05) is 19.9 Å². The van der Waals surface area contributed by atoms with Crippen molar-refractivity contribution < 1.29 is 13.9 Å². The Kier molecular flexibility index (Phi) is 4.06. The van der Waals surface area contributed by atoms with Crippen molar-refractivity contribution in [3.8, 4) is 5.75 Å². The van der Waals surface area contributed by atoms with Gasteiger partial charge in [-0.15, -0.1) is 0 Å². The van der Waals surface area contributed by atoms with Crippen molar-refractivity contribution in [1.82, 2.24) is 4.90 Å². The molecule has 2 aliphatic heterocycles. The third kappa shape index (κ3) is 2.72. The number of aryl methyl sites for hydroxylation is 2. The summed E-state index contributed by atoms with van der Waals surface area (Å²) in [4.78, 5) is 14.1. The molecule has 0 amide bonds. The number of hydrogen-bond acceptors (Lipinski definition) is 5. The van der Waals surface area contributed by atoms with Crippen LogP contribution in [0.25, 0.3) is 11.0 Å². The summed E-state index contributed by atoms with van der Waals surface area (Å²) < 4.78 is 17.2. The highest BCUT2D eigenvalue weighted by Gasteiger charge is 2.26. The Morgan fingerprint density at radius 1 is 1.33 bits per heavy atom. The largest absolute Gasteiger partial charge is 0.477 e. The number of nitrogens with zero attached hydrogens (tertiary/aromatic N) is 1. The van der Waals surface area contributed by atoms with E-state index >= 15 is 0 Å². The lowest BCUT2D eigenvalue weighted by atomic mass is 9.99. The molecule has 0 aliphatic carbocycles. The summed E-state index contributed by atoms with van der Waals surface area (Å²) in [6, 6.07) is 3.73. The molecule has 2 aromatic rings. The maximum atomic E-state index is 11.8. The van der Waals surface area contributed by atoms with Crippen LogP contribution in [0.3, 0.4) is 0 Å². The van der Waals surface area contributed by atoms with Crippen LogP contribution >= 0.6 is 0 Å². The van der Waals surface area contributed by atoms with Crippen LogP contribution in [0.15, 0.2) is 21.3 Å². The van der Waals surface area contributed by atoms with Crippen molar-refractivity contribution in [3.63, 3.8) is 0 Å². The van der Waals surface area contributed by atoms with Crippen molar-refractivity contribution in [3.05, 3.63) is 39.2 Å². The molecule has 1 aromatic carbocycles. The van der Waals surface area contributed by atoms with Gasteiger partial charge < -0.3 is 13.9 Å². The standard InChI is InChI=1S/C19H23NO4/c1-3-13-8-17(21)24-19-12(2)18-14(7-16(13)19)9-20(11-23-18)10-15-5-4-6-22-15/h7-8,15H,3-6,9-11H2,1-2H3/t15-/m1/s1. The first-order valence-electron chi connectivity index (χ1n) is 8.71. The number of rotatable bonds is 3. The summed E-state index contributed by atoms with van der Waals surface area (Å²) >= 11 is 0. The second kappa shape index (κ2) is 6.22. The van der Waals surface area contributed by atoms with Crippen molar-refractivity contribution in [2.24, 2.45) is 0 Å². The van der Waals surface area contributed by atoms with Gasteiger partial charge in [0.05, 0.1) is 6.10 Å². The van der Waals surface area contributed by atoms with Gasteiger partial charge in [-0.05, 0) is 37.8 Å². The van der Waals surface area contributed by atoms with Crippen LogP contribution in [-0.4, -0.2) is 30.9 Å². The quantitative estimate of drug-likeness (QED) is 0.810. The predicted octanol–water partition coefficient (Wildman–Crippen LogP) is 2.99. The Morgan fingerprint density at radius 3 is 2.96 bits per heavy atom. The Hall–Kier alpha value is -1.85. The lowest BCUT2D eigenvalue weighted by molar-refractivity contribution is 0.0277. The molecule has 128 valence electrons. The van der Waals surface area contributed by atoms with E-state index in [1.807, 2.05) is 6.92 Å². The van der Waals surface area contributed by atoms with Gasteiger partial charge in [-0.25, -0.2) is 4.79 Å². The third-order valence-corrected chi connectivity index (χ3v) is 5.03. The zero-order chi connectivity index (χ0) is 16.7. The van der Waals surface area contributed by atoms with E-state index in [-0.39, 0.29) is 5.63 Å². The average molecular weight is 329 g/mol. The molecular formula is C19H23NO4. The van der Waals surface area contributed by atoms with Crippen LogP contribution in [0.1, 0.15) is 36.5 Å². The molecule has 0 saturated carbocycles. The van der Waals surface area contributed by atoms with E-state index in [0.717, 1.165) is 66.8 Å². The Labute approximate surface area is 141 Å². The Bertz CT molecular complexity index is 820. The summed E-state index contributed by atoms with van der Waals surface area (Å²) in [7, 11) is 0. The molecule has 2 aliphatic rings. The summed E-state index contributed by atoms with van der Waals surface area (Å²) in [5.41, 5.74) is 3.48. The molecule has 0 bridgehead atoms. The number of ether oxygens (including phenoxy) is 2. The van der Waals surface area contributed by atoms with Crippen LogP contribution in [0.4, 0.5) is 0 Å². The number of hydrogen-bond donors (Lipinski definition) is 0. The fourth-order valence-corrected chi connectivity index (χ4v) is 3.82. The first-order chi connectivity index (χ1) is 11.7. The molecule has 1 aromatic heterocycles. The number of benzene rings is 1. The van der Waals surface area contributed by atoms with Gasteiger partial charge in [-0.1, -0.05) is 6.92 Å². The second-order valence-corrected chi connectivity index (χ2v) is 6.73. The molecule has 5 nitrogen and oxygen atoms in total. The molecular weight excluding hydrogens is 306 g/mol. The second-order valence-electron chi connectivity index (χ2n) is 6.73. The minimum atomic E-state index is -0.293. The third-order valence-electron chi connectivity index (χ3n) is 5.03. The van der Waals surface area contributed by atoms with Crippen molar-refractivity contribution in [1.29, 1.82) is 0 Å². The van der Waals surface area contributed by atoms with Crippen molar-refractivity contribution >= 4 is 11.0 Å². The first-order valence-corrected chi connectivity index (χ1v) is 8.71.